The van der Waals surface area contributed by atoms with Gasteiger partial charge in [-0.3, -0.25) is 14.6 Å². The molecule has 1 aliphatic heterocycles. The van der Waals surface area contributed by atoms with Gasteiger partial charge in [0.15, 0.2) is 5.96 Å². The van der Waals surface area contributed by atoms with Crippen molar-refractivity contribution in [1.82, 2.24) is 15.5 Å². The fourth-order valence-corrected chi connectivity index (χ4v) is 5.75. The Morgan fingerprint density at radius 2 is 1.67 bits per heavy atom. The lowest BCUT2D eigenvalue weighted by molar-refractivity contribution is -0.133. The first-order valence-electron chi connectivity index (χ1n) is 14.3. The summed E-state index contributed by atoms with van der Waals surface area (Å²) < 4.78 is 1.08. The van der Waals surface area contributed by atoms with Gasteiger partial charge in [-0.1, -0.05) is 78.9 Å². The van der Waals surface area contributed by atoms with E-state index in [0.717, 1.165) is 9.13 Å². The van der Waals surface area contributed by atoms with E-state index in [4.69, 9.17) is 11.5 Å². The van der Waals surface area contributed by atoms with E-state index in [2.05, 4.69) is 62.5 Å². The first-order valence-corrected chi connectivity index (χ1v) is 15.4. The van der Waals surface area contributed by atoms with E-state index < -0.39 is 6.04 Å². The molecule has 4 rings (SSSR count). The molecular formula is C33H39IN6O2. The van der Waals surface area contributed by atoms with Crippen LogP contribution in [0, 0.1) is 3.57 Å². The summed E-state index contributed by atoms with van der Waals surface area (Å²) in [4.78, 5) is 32.6. The van der Waals surface area contributed by atoms with Gasteiger partial charge in [-0.05, 0) is 70.7 Å². The van der Waals surface area contributed by atoms with Gasteiger partial charge in [0.1, 0.15) is 0 Å². The number of hydrogen-bond donors (Lipinski definition) is 4. The molecule has 0 aromatic heterocycles. The third-order valence-corrected chi connectivity index (χ3v) is 8.37. The van der Waals surface area contributed by atoms with Crippen LogP contribution in [0.15, 0.2) is 96.0 Å². The number of nitrogens with two attached hydrogens (primary N) is 2. The lowest BCUT2D eigenvalue weighted by Crippen LogP contribution is -2.49. The number of hydrogen-bond acceptors (Lipinski definition) is 4. The van der Waals surface area contributed by atoms with Crippen molar-refractivity contribution in [3.63, 3.8) is 0 Å². The Morgan fingerprint density at radius 1 is 1.02 bits per heavy atom. The Kier molecular flexibility index (Phi) is 12.0. The number of benzene rings is 3. The maximum absolute atomic E-state index is 13.9. The van der Waals surface area contributed by atoms with E-state index in [1.165, 1.54) is 11.1 Å². The molecule has 9 heteroatoms. The lowest BCUT2D eigenvalue weighted by atomic mass is 9.90. The molecule has 220 valence electrons. The van der Waals surface area contributed by atoms with Gasteiger partial charge in [0.2, 0.25) is 11.8 Å². The normalized spacial score (nSPS) is 17.3. The Labute approximate surface area is 261 Å². The molecule has 0 unspecified atom stereocenters. The first kappa shape index (κ1) is 31.2. The minimum atomic E-state index is -0.405. The molecule has 1 fully saturated rings. The summed E-state index contributed by atoms with van der Waals surface area (Å²) in [5.74, 6) is -0.0182. The van der Waals surface area contributed by atoms with Crippen LogP contribution in [-0.4, -0.2) is 60.9 Å². The van der Waals surface area contributed by atoms with Gasteiger partial charge in [-0.25, -0.2) is 0 Å². The SMILES string of the molecule is NC(N)=NCCC[C@@H]1N[C@H](CNC(=O)/C=C/c2ccccc2I)CCN(CC(c2ccccc2)c2ccccc2)C1=O. The zero-order chi connectivity index (χ0) is 29.7. The Morgan fingerprint density at radius 3 is 2.31 bits per heavy atom. The predicted octanol–water partition coefficient (Wildman–Crippen LogP) is 3.87. The summed E-state index contributed by atoms with van der Waals surface area (Å²) in [6.07, 6.45) is 5.34. The maximum Gasteiger partial charge on any atom is 0.244 e. The molecule has 1 heterocycles. The first-order chi connectivity index (χ1) is 20.4. The predicted molar refractivity (Wildman–Crippen MR) is 178 cm³/mol. The zero-order valence-corrected chi connectivity index (χ0v) is 25.8. The number of aliphatic imine (C=N–C) groups is 1. The number of carbonyl (C=O) groups is 2. The zero-order valence-electron chi connectivity index (χ0n) is 23.7. The number of carbonyl (C=O) groups excluding carboxylic acids is 2. The van der Waals surface area contributed by atoms with Crippen LogP contribution in [0.5, 0.6) is 0 Å². The van der Waals surface area contributed by atoms with Crippen LogP contribution in [-0.2, 0) is 9.59 Å². The average molecular weight is 679 g/mol. The minimum absolute atomic E-state index is 0.0424. The molecule has 3 aromatic carbocycles. The third-order valence-electron chi connectivity index (χ3n) is 7.39. The number of halogens is 1. The van der Waals surface area contributed by atoms with Crippen LogP contribution in [0.4, 0.5) is 0 Å². The molecule has 0 bridgehead atoms. The van der Waals surface area contributed by atoms with Gasteiger partial charge in [-0.2, -0.15) is 0 Å². The van der Waals surface area contributed by atoms with E-state index in [0.29, 0.717) is 45.4 Å². The molecular weight excluding hydrogens is 639 g/mol. The number of nitrogens with zero attached hydrogens (tertiary/aromatic N) is 2. The number of guanidine groups is 1. The molecule has 0 saturated carbocycles. The molecule has 0 radical (unpaired) electrons. The van der Waals surface area contributed by atoms with E-state index in [-0.39, 0.29) is 29.7 Å². The molecule has 6 N–H and O–H groups in total. The van der Waals surface area contributed by atoms with Gasteiger partial charge < -0.3 is 27.0 Å². The number of amides is 2. The van der Waals surface area contributed by atoms with Gasteiger partial charge in [0.05, 0.1) is 6.04 Å². The summed E-state index contributed by atoms with van der Waals surface area (Å²) in [5, 5.41) is 6.55. The Bertz CT molecular complexity index is 1320. The van der Waals surface area contributed by atoms with Crippen molar-refractivity contribution in [2.45, 2.75) is 37.3 Å². The van der Waals surface area contributed by atoms with Gasteiger partial charge in [0.25, 0.3) is 0 Å². The molecule has 8 nitrogen and oxygen atoms in total. The monoisotopic (exact) mass is 678 g/mol. The van der Waals surface area contributed by atoms with Crippen molar-refractivity contribution in [2.75, 3.05) is 26.2 Å². The van der Waals surface area contributed by atoms with E-state index >= 15 is 0 Å². The standard InChI is InChI=1S/C33H39IN6O2/c34-29-15-8-7-14-26(29)17-18-31(41)38-22-27-19-21-40(32(42)30(39-27)16-9-20-37-33(35)36)23-28(24-10-3-1-4-11-24)25-12-5-2-6-13-25/h1-8,10-15,17-18,27-28,30,39H,9,16,19-23H2,(H,38,41)(H4,35,36,37)/b18-17+/t27-,30-/m0/s1. The van der Waals surface area contributed by atoms with Gasteiger partial charge >= 0.3 is 0 Å². The van der Waals surface area contributed by atoms with Crippen molar-refractivity contribution in [2.24, 2.45) is 16.5 Å². The second-order valence-corrected chi connectivity index (χ2v) is 11.6. The molecule has 1 saturated heterocycles. The highest BCUT2D eigenvalue weighted by molar-refractivity contribution is 14.1. The Balaban J connectivity index is 1.47. The highest BCUT2D eigenvalue weighted by Crippen LogP contribution is 2.27. The van der Waals surface area contributed by atoms with Crippen LogP contribution in [0.2, 0.25) is 0 Å². The second kappa shape index (κ2) is 16.1. The molecule has 42 heavy (non-hydrogen) atoms. The maximum atomic E-state index is 13.9. The van der Waals surface area contributed by atoms with Crippen LogP contribution in [0.25, 0.3) is 6.08 Å². The van der Waals surface area contributed by atoms with Crippen molar-refractivity contribution in [3.8, 4) is 0 Å². The van der Waals surface area contributed by atoms with Crippen LogP contribution < -0.4 is 22.1 Å². The molecule has 0 aliphatic carbocycles. The summed E-state index contributed by atoms with van der Waals surface area (Å²) in [6.45, 7) is 2.03. The highest BCUT2D eigenvalue weighted by atomic mass is 127. The summed E-state index contributed by atoms with van der Waals surface area (Å²) in [5.41, 5.74) is 14.3. The smallest absolute Gasteiger partial charge is 0.244 e. The summed E-state index contributed by atoms with van der Waals surface area (Å²) in [6, 6.07) is 28.1. The second-order valence-electron chi connectivity index (χ2n) is 10.4. The molecule has 2 amide bonds. The molecule has 0 spiro atoms. The van der Waals surface area contributed by atoms with Crippen LogP contribution >= 0.6 is 22.6 Å². The quantitative estimate of drug-likeness (QED) is 0.0762. The van der Waals surface area contributed by atoms with Gasteiger partial charge in [-0.15, -0.1) is 0 Å². The summed E-state index contributed by atoms with van der Waals surface area (Å²) >= 11 is 2.25. The number of nitrogens with one attached hydrogen (secondary N) is 2. The van der Waals surface area contributed by atoms with E-state index in [9.17, 15) is 9.59 Å². The molecule has 1 aliphatic rings. The van der Waals surface area contributed by atoms with Crippen LogP contribution in [0.3, 0.4) is 0 Å². The molecule has 2 atom stereocenters. The largest absolute Gasteiger partial charge is 0.370 e. The molecule has 3 aromatic rings. The number of rotatable bonds is 12. The van der Waals surface area contributed by atoms with Crippen molar-refractivity contribution in [1.29, 1.82) is 0 Å². The summed E-state index contributed by atoms with van der Waals surface area (Å²) in [7, 11) is 0. The van der Waals surface area contributed by atoms with Gasteiger partial charge in [0, 0.05) is 47.8 Å². The van der Waals surface area contributed by atoms with E-state index in [1.807, 2.05) is 71.6 Å². The van der Waals surface area contributed by atoms with Crippen molar-refractivity contribution >= 4 is 46.4 Å². The van der Waals surface area contributed by atoms with Crippen molar-refractivity contribution < 1.29 is 9.59 Å². The third kappa shape index (κ3) is 9.42. The Hall–Kier alpha value is -3.70. The average Bonchev–Trinajstić information content (AvgIpc) is 3.15. The van der Waals surface area contributed by atoms with Crippen molar-refractivity contribution in [3.05, 3.63) is 111 Å². The minimum Gasteiger partial charge on any atom is -0.370 e. The van der Waals surface area contributed by atoms with Crippen LogP contribution in [0.1, 0.15) is 41.9 Å². The highest BCUT2D eigenvalue weighted by Gasteiger charge is 2.32. The van der Waals surface area contributed by atoms with E-state index in [1.54, 1.807) is 6.08 Å². The fraction of sp³-hybridized carbons (Fsp3) is 0.303. The lowest BCUT2D eigenvalue weighted by Gasteiger charge is -2.29. The topological polar surface area (TPSA) is 126 Å². The fourth-order valence-electron chi connectivity index (χ4n) is 5.19.